The highest BCUT2D eigenvalue weighted by atomic mass is 14.4. The first kappa shape index (κ1) is 29.4. The SMILES string of the molecule is C=C1/C=C\C2CCC3=C(CCC(C)C3)C2CCC1(C)C.CC.CC.CC.CC. The van der Waals surface area contributed by atoms with Crippen molar-refractivity contribution < 1.29 is 0 Å². The Labute approximate surface area is 180 Å². The Morgan fingerprint density at radius 2 is 1.43 bits per heavy atom. The smallest absolute Gasteiger partial charge is 0.0109 e. The van der Waals surface area contributed by atoms with Gasteiger partial charge < -0.3 is 0 Å². The maximum absolute atomic E-state index is 4.30. The molecule has 0 fully saturated rings. The molecular formula is C28H54. The minimum absolute atomic E-state index is 0.279. The van der Waals surface area contributed by atoms with Crippen LogP contribution in [-0.2, 0) is 0 Å². The topological polar surface area (TPSA) is 0 Å². The van der Waals surface area contributed by atoms with E-state index in [2.05, 4.69) is 39.5 Å². The largest absolute Gasteiger partial charge is 0.0953 e. The van der Waals surface area contributed by atoms with Crippen LogP contribution in [0, 0.1) is 23.2 Å². The van der Waals surface area contributed by atoms with Crippen molar-refractivity contribution in [3.63, 3.8) is 0 Å². The molecular weight excluding hydrogens is 336 g/mol. The predicted molar refractivity (Wildman–Crippen MR) is 133 cm³/mol. The third-order valence-electron chi connectivity index (χ3n) is 6.19. The van der Waals surface area contributed by atoms with E-state index in [4.69, 9.17) is 0 Å². The summed E-state index contributed by atoms with van der Waals surface area (Å²) in [7, 11) is 0. The molecule has 0 heteroatoms. The average Bonchev–Trinajstić information content (AvgIpc) is 2.75. The molecule has 0 saturated carbocycles. The van der Waals surface area contributed by atoms with Gasteiger partial charge in [0.25, 0.3) is 0 Å². The molecule has 28 heavy (non-hydrogen) atoms. The maximum Gasteiger partial charge on any atom is -0.0109 e. The van der Waals surface area contributed by atoms with E-state index in [0.29, 0.717) is 0 Å². The Morgan fingerprint density at radius 3 is 2.00 bits per heavy atom. The fraction of sp³-hybridized carbons (Fsp3) is 0.786. The standard InChI is InChI=1S/C20H30.4C2H6/c1-14-5-10-18-17(13-14)9-8-16-7-6-15(2)20(3,4)12-11-19(16)18;4*1-2/h6-7,14,16,19H,2,5,8-13H2,1,3-4H3;4*1-2H3/b7-6-;;;;. The Balaban J connectivity index is 0. The second-order valence-corrected chi connectivity index (χ2v) is 8.09. The Kier molecular flexibility index (Phi) is 16.9. The van der Waals surface area contributed by atoms with E-state index in [1.54, 1.807) is 0 Å². The number of rotatable bonds is 0. The van der Waals surface area contributed by atoms with Crippen molar-refractivity contribution in [3.8, 4) is 0 Å². The van der Waals surface area contributed by atoms with Gasteiger partial charge >= 0.3 is 0 Å². The van der Waals surface area contributed by atoms with Gasteiger partial charge in [0, 0.05) is 0 Å². The van der Waals surface area contributed by atoms with Gasteiger partial charge in [0.2, 0.25) is 0 Å². The fourth-order valence-corrected chi connectivity index (χ4v) is 4.50. The number of hydrogen-bond acceptors (Lipinski definition) is 0. The van der Waals surface area contributed by atoms with Crippen LogP contribution >= 0.6 is 0 Å². The Bertz CT molecular complexity index is 460. The number of hydrogen-bond donors (Lipinski definition) is 0. The van der Waals surface area contributed by atoms with Gasteiger partial charge in [-0.25, -0.2) is 0 Å². The molecule has 0 N–H and O–H groups in total. The van der Waals surface area contributed by atoms with Crippen LogP contribution in [0.1, 0.15) is 121 Å². The van der Waals surface area contributed by atoms with Crippen molar-refractivity contribution in [2.75, 3.05) is 0 Å². The van der Waals surface area contributed by atoms with E-state index >= 15 is 0 Å². The molecule has 0 spiro atoms. The molecule has 0 bridgehead atoms. The van der Waals surface area contributed by atoms with Gasteiger partial charge in [-0.1, -0.05) is 106 Å². The van der Waals surface area contributed by atoms with Crippen LogP contribution < -0.4 is 0 Å². The van der Waals surface area contributed by atoms with Gasteiger partial charge in [0.05, 0.1) is 0 Å². The lowest BCUT2D eigenvalue weighted by Crippen LogP contribution is -2.28. The summed E-state index contributed by atoms with van der Waals surface area (Å²) in [4.78, 5) is 0. The molecule has 3 aliphatic rings. The summed E-state index contributed by atoms with van der Waals surface area (Å²) in [6.45, 7) is 27.5. The lowest BCUT2D eigenvalue weighted by molar-refractivity contribution is 0.280. The third kappa shape index (κ3) is 8.30. The summed E-state index contributed by atoms with van der Waals surface area (Å²) in [5.41, 5.74) is 5.32. The first-order chi connectivity index (χ1) is 13.5. The lowest BCUT2D eigenvalue weighted by Gasteiger charge is -2.41. The van der Waals surface area contributed by atoms with Gasteiger partial charge in [-0.15, -0.1) is 0 Å². The zero-order valence-electron chi connectivity index (χ0n) is 21.5. The van der Waals surface area contributed by atoms with Gasteiger partial charge in [0.15, 0.2) is 0 Å². The average molecular weight is 391 g/mol. The minimum Gasteiger partial charge on any atom is -0.0953 e. The van der Waals surface area contributed by atoms with Crippen LogP contribution in [0.15, 0.2) is 35.5 Å². The van der Waals surface area contributed by atoms with E-state index in [1.165, 1.54) is 50.5 Å². The van der Waals surface area contributed by atoms with Crippen LogP contribution in [0.5, 0.6) is 0 Å². The van der Waals surface area contributed by atoms with E-state index in [0.717, 1.165) is 17.8 Å². The van der Waals surface area contributed by atoms with Crippen molar-refractivity contribution in [1.29, 1.82) is 0 Å². The zero-order valence-corrected chi connectivity index (χ0v) is 21.5. The molecule has 0 aromatic heterocycles. The summed E-state index contributed by atoms with van der Waals surface area (Å²) in [6, 6.07) is 0. The van der Waals surface area contributed by atoms with Crippen molar-refractivity contribution in [2.24, 2.45) is 23.2 Å². The maximum atomic E-state index is 4.30. The van der Waals surface area contributed by atoms with Gasteiger partial charge in [-0.3, -0.25) is 0 Å². The van der Waals surface area contributed by atoms with Crippen molar-refractivity contribution in [1.82, 2.24) is 0 Å². The van der Waals surface area contributed by atoms with Crippen LogP contribution in [0.2, 0.25) is 0 Å². The summed E-state index contributed by atoms with van der Waals surface area (Å²) in [5, 5.41) is 0. The summed E-state index contributed by atoms with van der Waals surface area (Å²) in [5.74, 6) is 2.55. The molecule has 0 aromatic carbocycles. The van der Waals surface area contributed by atoms with Crippen LogP contribution in [0.4, 0.5) is 0 Å². The first-order valence-corrected chi connectivity index (χ1v) is 12.6. The van der Waals surface area contributed by atoms with Crippen LogP contribution in [0.25, 0.3) is 0 Å². The highest BCUT2D eigenvalue weighted by molar-refractivity contribution is 5.30. The molecule has 166 valence electrons. The molecule has 3 atom stereocenters. The fourth-order valence-electron chi connectivity index (χ4n) is 4.50. The van der Waals surface area contributed by atoms with E-state index < -0.39 is 0 Å². The normalized spacial score (nSPS) is 28.4. The van der Waals surface area contributed by atoms with Crippen molar-refractivity contribution in [2.45, 2.75) is 121 Å². The molecule has 0 saturated heterocycles. The molecule has 3 rings (SSSR count). The van der Waals surface area contributed by atoms with Crippen molar-refractivity contribution in [3.05, 3.63) is 35.5 Å². The van der Waals surface area contributed by atoms with E-state index in [1.807, 2.05) is 66.5 Å². The molecule has 0 aromatic rings. The van der Waals surface area contributed by atoms with Crippen LogP contribution in [-0.4, -0.2) is 0 Å². The van der Waals surface area contributed by atoms with Crippen LogP contribution in [0.3, 0.4) is 0 Å². The zero-order chi connectivity index (χ0) is 22.3. The Hall–Kier alpha value is -0.780. The molecule has 0 nitrogen and oxygen atoms in total. The first-order valence-electron chi connectivity index (χ1n) is 12.6. The second-order valence-electron chi connectivity index (χ2n) is 8.09. The summed E-state index contributed by atoms with van der Waals surface area (Å²) in [6.07, 6.45) is 14.4. The van der Waals surface area contributed by atoms with E-state index in [-0.39, 0.29) is 5.41 Å². The molecule has 3 unspecified atom stereocenters. The quantitative estimate of drug-likeness (QED) is 0.361. The highest BCUT2D eigenvalue weighted by Crippen LogP contribution is 2.48. The number of allylic oxidation sites excluding steroid dienone is 5. The lowest BCUT2D eigenvalue weighted by atomic mass is 9.64. The Morgan fingerprint density at radius 1 is 0.857 bits per heavy atom. The summed E-state index contributed by atoms with van der Waals surface area (Å²) < 4.78 is 0. The number of fused-ring (bicyclic) bond motifs is 2. The second kappa shape index (κ2) is 16.1. The van der Waals surface area contributed by atoms with Crippen molar-refractivity contribution >= 4 is 0 Å². The molecule has 3 aliphatic carbocycles. The predicted octanol–water partition coefficient (Wildman–Crippen LogP) is 10.2. The van der Waals surface area contributed by atoms with Gasteiger partial charge in [-0.2, -0.15) is 0 Å². The monoisotopic (exact) mass is 390 g/mol. The van der Waals surface area contributed by atoms with Gasteiger partial charge in [-0.05, 0) is 73.7 Å². The molecule has 0 aliphatic heterocycles. The van der Waals surface area contributed by atoms with Gasteiger partial charge in [0.1, 0.15) is 0 Å². The minimum atomic E-state index is 0.279. The highest BCUT2D eigenvalue weighted by Gasteiger charge is 2.35. The molecule has 0 radical (unpaired) electrons. The summed E-state index contributed by atoms with van der Waals surface area (Å²) >= 11 is 0. The van der Waals surface area contributed by atoms with E-state index in [9.17, 15) is 0 Å². The third-order valence-corrected chi connectivity index (χ3v) is 6.19. The molecule has 0 amide bonds. The molecule has 0 heterocycles.